The normalized spacial score (nSPS) is 13.0. The van der Waals surface area contributed by atoms with Gasteiger partial charge in [-0.1, -0.05) is 0 Å². The van der Waals surface area contributed by atoms with E-state index in [1.807, 2.05) is 27.1 Å². The van der Waals surface area contributed by atoms with Crippen LogP contribution in [0.4, 0.5) is 0 Å². The minimum atomic E-state index is 0.118. The van der Waals surface area contributed by atoms with Crippen LogP contribution in [0.2, 0.25) is 0 Å². The Bertz CT molecular complexity index is 446. The van der Waals surface area contributed by atoms with Crippen LogP contribution in [0.5, 0.6) is 0 Å². The van der Waals surface area contributed by atoms with E-state index < -0.39 is 0 Å². The second-order valence-electron chi connectivity index (χ2n) is 3.41. The van der Waals surface area contributed by atoms with Gasteiger partial charge < -0.3 is 9.73 Å². The zero-order chi connectivity index (χ0) is 10.8. The van der Waals surface area contributed by atoms with Crippen molar-refractivity contribution in [3.63, 3.8) is 0 Å². The van der Waals surface area contributed by atoms with Crippen molar-refractivity contribution in [2.75, 3.05) is 7.05 Å². The Hall–Kier alpha value is -1.62. The lowest BCUT2D eigenvalue weighted by Crippen LogP contribution is -2.12. The van der Waals surface area contributed by atoms with E-state index in [4.69, 9.17) is 4.42 Å². The van der Waals surface area contributed by atoms with E-state index in [-0.39, 0.29) is 6.04 Å². The van der Waals surface area contributed by atoms with E-state index in [1.54, 1.807) is 17.1 Å². The van der Waals surface area contributed by atoms with Crippen LogP contribution in [0.3, 0.4) is 0 Å². The van der Waals surface area contributed by atoms with Gasteiger partial charge in [0.15, 0.2) is 5.76 Å². The maximum absolute atomic E-state index is 5.63. The van der Waals surface area contributed by atoms with Gasteiger partial charge in [-0.2, -0.15) is 5.10 Å². The maximum Gasteiger partial charge on any atom is 0.211 e. The smallest absolute Gasteiger partial charge is 0.211 e. The first kappa shape index (κ1) is 9.92. The van der Waals surface area contributed by atoms with Crippen LogP contribution in [-0.4, -0.2) is 21.8 Å². The standard InChI is InChI=1S/C10H14N4O/c1-7(11-2)10-12-6-9(15-10)8-4-5-13-14(8)3/h4-7,11H,1-3H3. The third-order valence-electron chi connectivity index (χ3n) is 2.40. The van der Waals surface area contributed by atoms with Gasteiger partial charge in [-0.25, -0.2) is 4.98 Å². The number of hydrogen-bond donors (Lipinski definition) is 1. The molecule has 15 heavy (non-hydrogen) atoms. The average molecular weight is 206 g/mol. The molecule has 2 rings (SSSR count). The Morgan fingerprint density at radius 2 is 2.33 bits per heavy atom. The van der Waals surface area contributed by atoms with E-state index in [0.717, 1.165) is 11.5 Å². The van der Waals surface area contributed by atoms with Crippen LogP contribution >= 0.6 is 0 Å². The molecule has 0 amide bonds. The van der Waals surface area contributed by atoms with Crippen LogP contribution < -0.4 is 5.32 Å². The van der Waals surface area contributed by atoms with E-state index in [0.29, 0.717) is 5.89 Å². The van der Waals surface area contributed by atoms with Crippen molar-refractivity contribution in [2.45, 2.75) is 13.0 Å². The molecule has 0 fully saturated rings. The molecule has 2 aromatic rings. The lowest BCUT2D eigenvalue weighted by Gasteiger charge is -2.03. The molecule has 0 aliphatic rings. The molecule has 0 spiro atoms. The van der Waals surface area contributed by atoms with Gasteiger partial charge in [0.25, 0.3) is 0 Å². The van der Waals surface area contributed by atoms with Crippen molar-refractivity contribution in [3.05, 3.63) is 24.4 Å². The van der Waals surface area contributed by atoms with Gasteiger partial charge in [0.1, 0.15) is 5.69 Å². The quantitative estimate of drug-likeness (QED) is 0.823. The highest BCUT2D eigenvalue weighted by atomic mass is 16.4. The van der Waals surface area contributed by atoms with E-state index in [2.05, 4.69) is 15.4 Å². The van der Waals surface area contributed by atoms with Gasteiger partial charge in [-0.15, -0.1) is 0 Å². The Morgan fingerprint density at radius 1 is 1.53 bits per heavy atom. The molecular weight excluding hydrogens is 192 g/mol. The fourth-order valence-corrected chi connectivity index (χ4v) is 1.35. The van der Waals surface area contributed by atoms with Gasteiger partial charge in [0.2, 0.25) is 5.89 Å². The van der Waals surface area contributed by atoms with E-state index in [9.17, 15) is 0 Å². The number of rotatable bonds is 3. The number of nitrogens with zero attached hydrogens (tertiary/aromatic N) is 3. The lowest BCUT2D eigenvalue weighted by atomic mass is 10.3. The molecule has 1 atom stereocenters. The van der Waals surface area contributed by atoms with Crippen molar-refractivity contribution < 1.29 is 4.42 Å². The van der Waals surface area contributed by atoms with Gasteiger partial charge in [0, 0.05) is 13.2 Å². The monoisotopic (exact) mass is 206 g/mol. The number of nitrogens with one attached hydrogen (secondary N) is 1. The Kier molecular flexibility index (Phi) is 2.55. The summed E-state index contributed by atoms with van der Waals surface area (Å²) in [5.74, 6) is 1.43. The summed E-state index contributed by atoms with van der Waals surface area (Å²) < 4.78 is 7.39. The molecule has 80 valence electrons. The molecule has 0 aromatic carbocycles. The first-order chi connectivity index (χ1) is 7.22. The van der Waals surface area contributed by atoms with Crippen LogP contribution in [0.1, 0.15) is 18.9 Å². The molecule has 1 unspecified atom stereocenters. The Labute approximate surface area is 88.1 Å². The van der Waals surface area contributed by atoms with Gasteiger partial charge in [-0.3, -0.25) is 4.68 Å². The molecule has 0 saturated heterocycles. The number of aromatic nitrogens is 3. The first-order valence-electron chi connectivity index (χ1n) is 4.83. The molecule has 2 heterocycles. The minimum Gasteiger partial charge on any atom is -0.437 e. The summed E-state index contributed by atoms with van der Waals surface area (Å²) in [6, 6.07) is 2.01. The molecular formula is C10H14N4O. The Balaban J connectivity index is 2.32. The fourth-order valence-electron chi connectivity index (χ4n) is 1.35. The van der Waals surface area contributed by atoms with E-state index in [1.165, 1.54) is 0 Å². The Morgan fingerprint density at radius 3 is 2.93 bits per heavy atom. The van der Waals surface area contributed by atoms with Crippen molar-refractivity contribution in [2.24, 2.45) is 7.05 Å². The zero-order valence-corrected chi connectivity index (χ0v) is 9.06. The van der Waals surface area contributed by atoms with Crippen LogP contribution in [0.15, 0.2) is 22.9 Å². The van der Waals surface area contributed by atoms with Gasteiger partial charge >= 0.3 is 0 Å². The van der Waals surface area contributed by atoms with Crippen LogP contribution in [0.25, 0.3) is 11.5 Å². The largest absolute Gasteiger partial charge is 0.437 e. The maximum atomic E-state index is 5.63. The minimum absolute atomic E-state index is 0.118. The molecule has 0 aliphatic heterocycles. The van der Waals surface area contributed by atoms with Gasteiger partial charge in [0.05, 0.1) is 12.2 Å². The second-order valence-corrected chi connectivity index (χ2v) is 3.41. The third-order valence-corrected chi connectivity index (χ3v) is 2.40. The summed E-state index contributed by atoms with van der Waals surface area (Å²) in [5.41, 5.74) is 0.928. The highest BCUT2D eigenvalue weighted by Gasteiger charge is 2.13. The number of oxazole rings is 1. The van der Waals surface area contributed by atoms with Crippen molar-refractivity contribution in [3.8, 4) is 11.5 Å². The molecule has 0 saturated carbocycles. The highest BCUT2D eigenvalue weighted by molar-refractivity contribution is 5.50. The molecule has 2 aromatic heterocycles. The molecule has 5 heteroatoms. The van der Waals surface area contributed by atoms with E-state index >= 15 is 0 Å². The SMILES string of the molecule is CNC(C)c1ncc(-c2ccnn2C)o1. The van der Waals surface area contributed by atoms with Crippen molar-refractivity contribution in [1.82, 2.24) is 20.1 Å². The average Bonchev–Trinajstić information content (AvgIpc) is 2.84. The summed E-state index contributed by atoms with van der Waals surface area (Å²) in [4.78, 5) is 4.21. The summed E-state index contributed by atoms with van der Waals surface area (Å²) in [7, 11) is 3.75. The number of aryl methyl sites for hydroxylation is 1. The van der Waals surface area contributed by atoms with Crippen LogP contribution in [-0.2, 0) is 7.05 Å². The third kappa shape index (κ3) is 1.78. The molecule has 0 bridgehead atoms. The topological polar surface area (TPSA) is 55.9 Å². The second kappa shape index (κ2) is 3.86. The fraction of sp³-hybridized carbons (Fsp3) is 0.400. The first-order valence-corrected chi connectivity index (χ1v) is 4.83. The van der Waals surface area contributed by atoms with Gasteiger partial charge in [-0.05, 0) is 20.0 Å². The molecule has 0 aliphatic carbocycles. The summed E-state index contributed by atoms with van der Waals surface area (Å²) in [6.07, 6.45) is 3.46. The predicted molar refractivity (Wildman–Crippen MR) is 56.2 cm³/mol. The molecule has 0 radical (unpaired) electrons. The molecule has 1 N–H and O–H groups in total. The summed E-state index contributed by atoms with van der Waals surface area (Å²) in [5, 5.41) is 7.16. The summed E-state index contributed by atoms with van der Waals surface area (Å²) >= 11 is 0. The zero-order valence-electron chi connectivity index (χ0n) is 9.06. The summed E-state index contributed by atoms with van der Waals surface area (Å²) in [6.45, 7) is 2.00. The predicted octanol–water partition coefficient (Wildman–Crippen LogP) is 1.36. The lowest BCUT2D eigenvalue weighted by molar-refractivity contribution is 0.439. The number of hydrogen-bond acceptors (Lipinski definition) is 4. The highest BCUT2D eigenvalue weighted by Crippen LogP contribution is 2.21. The van der Waals surface area contributed by atoms with Crippen molar-refractivity contribution in [1.29, 1.82) is 0 Å². The van der Waals surface area contributed by atoms with Crippen LogP contribution in [0, 0.1) is 0 Å². The van der Waals surface area contributed by atoms with Crippen molar-refractivity contribution >= 4 is 0 Å². The molecule has 5 nitrogen and oxygen atoms in total.